The molecule has 0 radical (unpaired) electrons. The monoisotopic (exact) mass is 438 g/mol. The van der Waals surface area contributed by atoms with E-state index in [0.717, 1.165) is 23.4 Å². The first kappa shape index (κ1) is 20.5. The third-order valence-corrected chi connectivity index (χ3v) is 5.00. The first-order valence-corrected chi connectivity index (χ1v) is 9.82. The van der Waals surface area contributed by atoms with Crippen LogP contribution in [-0.2, 0) is 19.6 Å². The standard InChI is InChI=1S/C19H20Cl2N4O2S/c1-3-18-23-24-19(28)25(18)22-10-13-8-16(26-2)17(9-15(13)21)27-11-12-4-6-14(20)7-5-12/h4-9,22H,3,10-11H2,1-2H3,(H,24,28). The van der Waals surface area contributed by atoms with E-state index in [9.17, 15) is 0 Å². The van der Waals surface area contributed by atoms with E-state index < -0.39 is 0 Å². The van der Waals surface area contributed by atoms with Crippen molar-refractivity contribution < 1.29 is 9.47 Å². The van der Waals surface area contributed by atoms with Gasteiger partial charge in [-0.25, -0.2) is 4.68 Å². The van der Waals surface area contributed by atoms with Crippen molar-refractivity contribution in [3.8, 4) is 11.5 Å². The Bertz CT molecular complexity index is 1000. The summed E-state index contributed by atoms with van der Waals surface area (Å²) in [5.41, 5.74) is 5.07. The highest BCUT2D eigenvalue weighted by Crippen LogP contribution is 2.34. The summed E-state index contributed by atoms with van der Waals surface area (Å²) in [5, 5.41) is 8.19. The summed E-state index contributed by atoms with van der Waals surface area (Å²) in [5.74, 6) is 1.98. The Balaban J connectivity index is 1.74. The fourth-order valence-electron chi connectivity index (χ4n) is 2.62. The Morgan fingerprint density at radius 3 is 2.61 bits per heavy atom. The van der Waals surface area contributed by atoms with Gasteiger partial charge in [-0.2, -0.15) is 5.10 Å². The molecule has 2 N–H and O–H groups in total. The molecule has 0 atom stereocenters. The highest BCUT2D eigenvalue weighted by molar-refractivity contribution is 7.71. The van der Waals surface area contributed by atoms with Crippen molar-refractivity contribution in [3.05, 3.63) is 68.2 Å². The number of halogens is 2. The van der Waals surface area contributed by atoms with E-state index in [2.05, 4.69) is 15.6 Å². The maximum atomic E-state index is 6.46. The van der Waals surface area contributed by atoms with E-state index in [1.165, 1.54) is 0 Å². The van der Waals surface area contributed by atoms with Gasteiger partial charge in [0.15, 0.2) is 17.3 Å². The number of hydrogen-bond donors (Lipinski definition) is 2. The van der Waals surface area contributed by atoms with Crippen LogP contribution in [0, 0.1) is 4.77 Å². The van der Waals surface area contributed by atoms with Gasteiger partial charge in [0, 0.05) is 22.5 Å². The van der Waals surface area contributed by atoms with Gasteiger partial charge in [-0.1, -0.05) is 42.3 Å². The minimum Gasteiger partial charge on any atom is -0.493 e. The summed E-state index contributed by atoms with van der Waals surface area (Å²) in [6.07, 6.45) is 0.745. The quantitative estimate of drug-likeness (QED) is 0.476. The number of aryl methyl sites for hydroxylation is 1. The fourth-order valence-corrected chi connectivity index (χ4v) is 3.18. The van der Waals surface area contributed by atoms with Crippen molar-refractivity contribution in [1.29, 1.82) is 0 Å². The lowest BCUT2D eigenvalue weighted by molar-refractivity contribution is 0.284. The normalized spacial score (nSPS) is 10.7. The van der Waals surface area contributed by atoms with Crippen molar-refractivity contribution in [1.82, 2.24) is 14.9 Å². The molecule has 0 saturated carbocycles. The summed E-state index contributed by atoms with van der Waals surface area (Å²) in [6, 6.07) is 11.1. The molecule has 0 amide bonds. The SMILES string of the molecule is CCc1n[nH]c(=S)n1NCc1cc(OC)c(OCc2ccc(Cl)cc2)cc1Cl. The first-order valence-electron chi connectivity index (χ1n) is 8.65. The number of aromatic nitrogens is 3. The average molecular weight is 439 g/mol. The minimum atomic E-state index is 0.380. The molecule has 28 heavy (non-hydrogen) atoms. The molecule has 148 valence electrons. The van der Waals surface area contributed by atoms with Crippen LogP contribution in [0.15, 0.2) is 36.4 Å². The first-order chi connectivity index (χ1) is 13.5. The Morgan fingerprint density at radius 1 is 1.18 bits per heavy atom. The molecule has 0 unspecified atom stereocenters. The number of methoxy groups -OCH3 is 1. The Hall–Kier alpha value is -2.22. The predicted octanol–water partition coefficient (Wildman–Crippen LogP) is 5.14. The number of nitrogens with one attached hydrogen (secondary N) is 2. The van der Waals surface area contributed by atoms with Gasteiger partial charge in [0.25, 0.3) is 0 Å². The number of ether oxygens (including phenoxy) is 2. The molecule has 2 aromatic carbocycles. The zero-order valence-corrected chi connectivity index (χ0v) is 17.8. The van der Waals surface area contributed by atoms with Crippen LogP contribution in [0.3, 0.4) is 0 Å². The Labute approximate surface area is 178 Å². The molecule has 1 aromatic heterocycles. The van der Waals surface area contributed by atoms with E-state index in [0.29, 0.717) is 39.5 Å². The molecule has 3 aromatic rings. The molecular formula is C19H20Cl2N4O2S. The largest absolute Gasteiger partial charge is 0.493 e. The molecule has 0 aliphatic rings. The lowest BCUT2D eigenvalue weighted by Gasteiger charge is -2.15. The molecule has 0 bridgehead atoms. The zero-order valence-electron chi connectivity index (χ0n) is 15.5. The van der Waals surface area contributed by atoms with Crippen LogP contribution >= 0.6 is 35.4 Å². The third-order valence-electron chi connectivity index (χ3n) is 4.13. The molecular weight excluding hydrogens is 419 g/mol. The molecule has 3 rings (SSSR count). The summed E-state index contributed by atoms with van der Waals surface area (Å²) in [7, 11) is 1.59. The van der Waals surface area contributed by atoms with E-state index in [1.54, 1.807) is 17.9 Å². The van der Waals surface area contributed by atoms with Gasteiger partial charge in [-0.05, 0) is 41.5 Å². The second kappa shape index (κ2) is 9.32. The van der Waals surface area contributed by atoms with Gasteiger partial charge in [0.2, 0.25) is 4.77 Å². The maximum Gasteiger partial charge on any atom is 0.214 e. The zero-order chi connectivity index (χ0) is 20.1. The predicted molar refractivity (Wildman–Crippen MR) is 114 cm³/mol. The molecule has 0 aliphatic carbocycles. The van der Waals surface area contributed by atoms with Crippen LogP contribution in [0.1, 0.15) is 23.9 Å². The number of aromatic amines is 1. The lowest BCUT2D eigenvalue weighted by atomic mass is 10.2. The second-order valence-corrected chi connectivity index (χ2v) is 7.21. The van der Waals surface area contributed by atoms with Crippen LogP contribution in [0.2, 0.25) is 10.0 Å². The van der Waals surface area contributed by atoms with Gasteiger partial charge >= 0.3 is 0 Å². The molecule has 6 nitrogen and oxygen atoms in total. The Morgan fingerprint density at radius 2 is 1.93 bits per heavy atom. The number of H-pyrrole nitrogens is 1. The average Bonchev–Trinajstić information content (AvgIpc) is 3.06. The van der Waals surface area contributed by atoms with Crippen molar-refractivity contribution in [2.24, 2.45) is 0 Å². The van der Waals surface area contributed by atoms with Crippen molar-refractivity contribution in [2.45, 2.75) is 26.5 Å². The lowest BCUT2D eigenvalue weighted by Crippen LogP contribution is -2.17. The molecule has 0 saturated heterocycles. The minimum absolute atomic E-state index is 0.380. The molecule has 0 spiro atoms. The maximum absolute atomic E-state index is 6.46. The van der Waals surface area contributed by atoms with E-state index in [4.69, 9.17) is 44.9 Å². The third kappa shape index (κ3) is 4.79. The van der Waals surface area contributed by atoms with Gasteiger partial charge in [-0.15, -0.1) is 0 Å². The van der Waals surface area contributed by atoms with Crippen LogP contribution in [-0.4, -0.2) is 22.0 Å². The number of nitrogens with zero attached hydrogens (tertiary/aromatic N) is 2. The van der Waals surface area contributed by atoms with Gasteiger partial charge in [-0.3, -0.25) is 5.10 Å². The van der Waals surface area contributed by atoms with Crippen LogP contribution in [0.25, 0.3) is 0 Å². The summed E-state index contributed by atoms with van der Waals surface area (Å²) < 4.78 is 13.6. The van der Waals surface area contributed by atoms with E-state index in [-0.39, 0.29) is 0 Å². The molecule has 0 aliphatic heterocycles. The smallest absolute Gasteiger partial charge is 0.214 e. The molecule has 0 fully saturated rings. The number of hydrogen-bond acceptors (Lipinski definition) is 5. The summed E-state index contributed by atoms with van der Waals surface area (Å²) >= 11 is 17.6. The van der Waals surface area contributed by atoms with Gasteiger partial charge < -0.3 is 14.9 Å². The van der Waals surface area contributed by atoms with Crippen LogP contribution < -0.4 is 14.9 Å². The van der Waals surface area contributed by atoms with Gasteiger partial charge in [0.05, 0.1) is 13.7 Å². The van der Waals surface area contributed by atoms with E-state index >= 15 is 0 Å². The number of rotatable bonds is 8. The number of benzene rings is 2. The van der Waals surface area contributed by atoms with Crippen LogP contribution in [0.5, 0.6) is 11.5 Å². The van der Waals surface area contributed by atoms with Gasteiger partial charge in [0.1, 0.15) is 6.61 Å². The highest BCUT2D eigenvalue weighted by Gasteiger charge is 2.12. The molecule has 9 heteroatoms. The van der Waals surface area contributed by atoms with Crippen LogP contribution in [0.4, 0.5) is 0 Å². The van der Waals surface area contributed by atoms with Crippen molar-refractivity contribution in [2.75, 3.05) is 12.5 Å². The summed E-state index contributed by atoms with van der Waals surface area (Å²) in [4.78, 5) is 0. The highest BCUT2D eigenvalue weighted by atomic mass is 35.5. The molecule has 1 heterocycles. The second-order valence-electron chi connectivity index (χ2n) is 5.98. The van der Waals surface area contributed by atoms with E-state index in [1.807, 2.05) is 37.3 Å². The fraction of sp³-hybridized carbons (Fsp3) is 0.263. The van der Waals surface area contributed by atoms with Crippen molar-refractivity contribution >= 4 is 35.4 Å². The topological polar surface area (TPSA) is 64.1 Å². The summed E-state index contributed by atoms with van der Waals surface area (Å²) in [6.45, 7) is 2.84. The Kier molecular flexibility index (Phi) is 6.83. The van der Waals surface area contributed by atoms with Crippen molar-refractivity contribution in [3.63, 3.8) is 0 Å².